The molecule has 1 amide bonds. The van der Waals surface area contributed by atoms with E-state index in [1.165, 1.54) is 0 Å². The molecule has 0 aromatic heterocycles. The van der Waals surface area contributed by atoms with Crippen molar-refractivity contribution in [1.29, 1.82) is 0 Å². The van der Waals surface area contributed by atoms with Gasteiger partial charge in [-0.1, -0.05) is 12.1 Å². The van der Waals surface area contributed by atoms with E-state index in [9.17, 15) is 4.79 Å². The summed E-state index contributed by atoms with van der Waals surface area (Å²) in [5.41, 5.74) is 2.03. The number of rotatable bonds is 3. The molecule has 1 aromatic carbocycles. The number of hydrogen-bond acceptors (Lipinski definition) is 2. The largest absolute Gasteiger partial charge is 0.381 e. The Morgan fingerprint density at radius 3 is 2.93 bits per heavy atom. The van der Waals surface area contributed by atoms with Gasteiger partial charge in [-0.2, -0.15) is 0 Å². The number of anilines is 1. The highest BCUT2D eigenvalue weighted by atomic mass is 16.5. The number of aryl methyl sites for hydroxylation is 1. The van der Waals surface area contributed by atoms with Crippen LogP contribution in [0.4, 0.5) is 5.69 Å². The first kappa shape index (κ1) is 10.2. The highest BCUT2D eigenvalue weighted by Gasteiger charge is 2.21. The van der Waals surface area contributed by atoms with Gasteiger partial charge in [0.2, 0.25) is 5.91 Å². The van der Waals surface area contributed by atoms with E-state index in [1.807, 2.05) is 31.2 Å². The van der Waals surface area contributed by atoms with Crippen LogP contribution in [0.25, 0.3) is 0 Å². The molecule has 1 aromatic rings. The minimum absolute atomic E-state index is 0.0777. The van der Waals surface area contributed by atoms with E-state index in [0.29, 0.717) is 12.3 Å². The van der Waals surface area contributed by atoms with Crippen molar-refractivity contribution in [1.82, 2.24) is 0 Å². The van der Waals surface area contributed by atoms with Crippen LogP contribution in [-0.4, -0.2) is 19.1 Å². The van der Waals surface area contributed by atoms with Crippen molar-refractivity contribution >= 4 is 11.6 Å². The topological polar surface area (TPSA) is 38.3 Å². The molecule has 1 saturated heterocycles. The number of carbonyl (C=O) groups excluding carboxylic acids is 1. The van der Waals surface area contributed by atoms with Gasteiger partial charge < -0.3 is 10.1 Å². The predicted molar refractivity (Wildman–Crippen MR) is 58.7 cm³/mol. The smallest absolute Gasteiger partial charge is 0.224 e. The first-order chi connectivity index (χ1) is 7.24. The first-order valence-corrected chi connectivity index (χ1v) is 5.18. The van der Waals surface area contributed by atoms with Gasteiger partial charge in [-0.05, 0) is 24.6 Å². The van der Waals surface area contributed by atoms with Crippen molar-refractivity contribution in [3.8, 4) is 0 Å². The summed E-state index contributed by atoms with van der Waals surface area (Å²) in [6.07, 6.45) is 0.563. The Labute approximate surface area is 89.4 Å². The molecule has 0 spiro atoms. The lowest BCUT2D eigenvalue weighted by Crippen LogP contribution is -2.31. The van der Waals surface area contributed by atoms with Crippen molar-refractivity contribution in [3.63, 3.8) is 0 Å². The lowest BCUT2D eigenvalue weighted by Gasteiger charge is -2.25. The van der Waals surface area contributed by atoms with Crippen LogP contribution < -0.4 is 5.32 Å². The molecule has 0 saturated carbocycles. The molecule has 0 unspecified atom stereocenters. The molecule has 0 radical (unpaired) electrons. The Balaban J connectivity index is 1.87. The van der Waals surface area contributed by atoms with Crippen molar-refractivity contribution in [2.75, 3.05) is 18.5 Å². The zero-order chi connectivity index (χ0) is 10.7. The van der Waals surface area contributed by atoms with Crippen molar-refractivity contribution < 1.29 is 9.53 Å². The van der Waals surface area contributed by atoms with Gasteiger partial charge in [0.05, 0.1) is 13.2 Å². The van der Waals surface area contributed by atoms with Crippen molar-refractivity contribution in [3.05, 3.63) is 29.8 Å². The number of benzene rings is 1. The molecule has 0 bridgehead atoms. The molecule has 1 fully saturated rings. The summed E-state index contributed by atoms with van der Waals surface area (Å²) in [5, 5.41) is 2.89. The molecule has 3 heteroatoms. The molecule has 1 aliphatic heterocycles. The molecule has 80 valence electrons. The van der Waals surface area contributed by atoms with Gasteiger partial charge in [-0.15, -0.1) is 0 Å². The van der Waals surface area contributed by atoms with Crippen LogP contribution in [-0.2, 0) is 9.53 Å². The maximum atomic E-state index is 11.6. The minimum atomic E-state index is 0.0777. The van der Waals surface area contributed by atoms with Crippen LogP contribution in [0.2, 0.25) is 0 Å². The zero-order valence-corrected chi connectivity index (χ0v) is 8.82. The maximum absolute atomic E-state index is 11.6. The fourth-order valence-corrected chi connectivity index (χ4v) is 1.60. The van der Waals surface area contributed by atoms with E-state index >= 15 is 0 Å². The van der Waals surface area contributed by atoms with Gasteiger partial charge in [0, 0.05) is 18.0 Å². The van der Waals surface area contributed by atoms with Crippen LogP contribution in [0.5, 0.6) is 0 Å². The summed E-state index contributed by atoms with van der Waals surface area (Å²) in [4.78, 5) is 11.6. The minimum Gasteiger partial charge on any atom is -0.381 e. The van der Waals surface area contributed by atoms with Gasteiger partial charge in [0.25, 0.3) is 0 Å². The molecular formula is C12H15NO2. The normalized spacial score (nSPS) is 15.8. The number of carbonyl (C=O) groups is 1. The summed E-state index contributed by atoms with van der Waals surface area (Å²) in [5.74, 6) is 0.490. The van der Waals surface area contributed by atoms with Crippen molar-refractivity contribution in [2.45, 2.75) is 13.3 Å². The average molecular weight is 205 g/mol. The lowest BCUT2D eigenvalue weighted by atomic mass is 10.0. The van der Waals surface area contributed by atoms with E-state index in [4.69, 9.17) is 4.74 Å². The second-order valence-corrected chi connectivity index (χ2v) is 4.03. The summed E-state index contributed by atoms with van der Waals surface area (Å²) < 4.78 is 5.03. The Hall–Kier alpha value is -1.35. The highest BCUT2D eigenvalue weighted by molar-refractivity contribution is 5.90. The van der Waals surface area contributed by atoms with E-state index in [-0.39, 0.29) is 5.91 Å². The van der Waals surface area contributed by atoms with Gasteiger partial charge in [-0.3, -0.25) is 4.79 Å². The van der Waals surface area contributed by atoms with E-state index in [0.717, 1.165) is 24.5 Å². The fourth-order valence-electron chi connectivity index (χ4n) is 1.60. The molecule has 0 aliphatic carbocycles. The van der Waals surface area contributed by atoms with Gasteiger partial charge in [0.1, 0.15) is 0 Å². The zero-order valence-electron chi connectivity index (χ0n) is 8.82. The second kappa shape index (κ2) is 4.45. The van der Waals surface area contributed by atoms with E-state index in [2.05, 4.69) is 5.32 Å². The Morgan fingerprint density at radius 2 is 2.33 bits per heavy atom. The third kappa shape index (κ3) is 2.80. The lowest BCUT2D eigenvalue weighted by molar-refractivity contribution is -0.121. The summed E-state index contributed by atoms with van der Waals surface area (Å²) in [6, 6.07) is 7.82. The second-order valence-electron chi connectivity index (χ2n) is 4.03. The van der Waals surface area contributed by atoms with Crippen molar-refractivity contribution in [2.24, 2.45) is 5.92 Å². The number of ether oxygens (including phenoxy) is 1. The van der Waals surface area contributed by atoms with Gasteiger partial charge in [-0.25, -0.2) is 0 Å². The first-order valence-electron chi connectivity index (χ1n) is 5.18. The SMILES string of the molecule is Cc1cccc(NC(=O)CC2COC2)c1. The standard InChI is InChI=1S/C12H15NO2/c1-9-3-2-4-11(5-9)13-12(14)6-10-7-15-8-10/h2-5,10H,6-8H2,1H3,(H,13,14). The quantitative estimate of drug-likeness (QED) is 0.819. The number of amides is 1. The third-order valence-electron chi connectivity index (χ3n) is 2.48. The summed E-state index contributed by atoms with van der Waals surface area (Å²) in [7, 11) is 0. The number of hydrogen-bond donors (Lipinski definition) is 1. The van der Waals surface area contributed by atoms with Gasteiger partial charge >= 0.3 is 0 Å². The molecule has 1 N–H and O–H groups in total. The van der Waals surface area contributed by atoms with E-state index in [1.54, 1.807) is 0 Å². The molecule has 1 heterocycles. The van der Waals surface area contributed by atoms with Crippen LogP contribution in [0.3, 0.4) is 0 Å². The van der Waals surface area contributed by atoms with Crippen LogP contribution in [0.1, 0.15) is 12.0 Å². The van der Waals surface area contributed by atoms with Crippen LogP contribution in [0.15, 0.2) is 24.3 Å². The number of nitrogens with one attached hydrogen (secondary N) is 1. The van der Waals surface area contributed by atoms with Crippen LogP contribution in [0, 0.1) is 12.8 Å². The molecule has 2 rings (SSSR count). The monoisotopic (exact) mass is 205 g/mol. The Morgan fingerprint density at radius 1 is 1.53 bits per heavy atom. The average Bonchev–Trinajstić information content (AvgIpc) is 2.11. The molecule has 1 aliphatic rings. The van der Waals surface area contributed by atoms with Gasteiger partial charge in [0.15, 0.2) is 0 Å². The Kier molecular flexibility index (Phi) is 3.02. The molecular weight excluding hydrogens is 190 g/mol. The maximum Gasteiger partial charge on any atom is 0.224 e. The van der Waals surface area contributed by atoms with Crippen LogP contribution >= 0.6 is 0 Å². The Bertz CT molecular complexity index is 358. The predicted octanol–water partition coefficient (Wildman–Crippen LogP) is 1.97. The third-order valence-corrected chi connectivity index (χ3v) is 2.48. The molecule has 15 heavy (non-hydrogen) atoms. The fraction of sp³-hybridized carbons (Fsp3) is 0.417. The summed E-state index contributed by atoms with van der Waals surface area (Å²) >= 11 is 0. The van der Waals surface area contributed by atoms with E-state index < -0.39 is 0 Å². The summed E-state index contributed by atoms with van der Waals surface area (Å²) in [6.45, 7) is 3.46. The molecule has 0 atom stereocenters. The molecule has 3 nitrogen and oxygen atoms in total. The highest BCUT2D eigenvalue weighted by Crippen LogP contribution is 2.16.